The molecule has 3 rings (SSSR count). The SMILES string of the molecule is CNc1c(F)cccc1C(=O)NC1CCN2CCCCC12. The summed E-state index contributed by atoms with van der Waals surface area (Å²) in [6.45, 7) is 2.19. The first kappa shape index (κ1) is 14.3. The maximum absolute atomic E-state index is 13.7. The van der Waals surface area contributed by atoms with E-state index in [0.29, 0.717) is 11.6 Å². The summed E-state index contributed by atoms with van der Waals surface area (Å²) in [5.74, 6) is -0.577. The lowest BCUT2D eigenvalue weighted by Gasteiger charge is -2.32. The van der Waals surface area contributed by atoms with Crippen molar-refractivity contribution in [2.75, 3.05) is 25.5 Å². The molecule has 2 saturated heterocycles. The van der Waals surface area contributed by atoms with Crippen LogP contribution < -0.4 is 10.6 Å². The van der Waals surface area contributed by atoms with Crippen molar-refractivity contribution < 1.29 is 9.18 Å². The second kappa shape index (κ2) is 6.02. The van der Waals surface area contributed by atoms with Crippen LogP contribution in [0.3, 0.4) is 0 Å². The number of anilines is 1. The topological polar surface area (TPSA) is 44.4 Å². The lowest BCUT2D eigenvalue weighted by Crippen LogP contribution is -2.46. The summed E-state index contributed by atoms with van der Waals surface area (Å²) in [6.07, 6.45) is 4.62. The number of rotatable bonds is 3. The van der Waals surface area contributed by atoms with Crippen LogP contribution in [-0.2, 0) is 0 Å². The second-order valence-corrected chi connectivity index (χ2v) is 5.88. The van der Waals surface area contributed by atoms with E-state index in [4.69, 9.17) is 0 Å². The minimum absolute atomic E-state index is 0.184. The molecule has 2 unspecified atom stereocenters. The van der Waals surface area contributed by atoms with Crippen LogP contribution >= 0.6 is 0 Å². The summed E-state index contributed by atoms with van der Waals surface area (Å²) < 4.78 is 13.7. The highest BCUT2D eigenvalue weighted by atomic mass is 19.1. The number of hydrogen-bond donors (Lipinski definition) is 2. The van der Waals surface area contributed by atoms with Gasteiger partial charge in [0.2, 0.25) is 0 Å². The van der Waals surface area contributed by atoms with E-state index in [1.54, 1.807) is 19.2 Å². The summed E-state index contributed by atoms with van der Waals surface area (Å²) in [5, 5.41) is 5.89. The van der Waals surface area contributed by atoms with Crippen LogP contribution in [0.2, 0.25) is 0 Å². The van der Waals surface area contributed by atoms with Gasteiger partial charge in [-0.1, -0.05) is 12.5 Å². The zero-order valence-electron chi connectivity index (χ0n) is 12.4. The van der Waals surface area contributed by atoms with E-state index < -0.39 is 5.82 Å². The molecule has 1 aromatic rings. The summed E-state index contributed by atoms with van der Waals surface area (Å²) in [7, 11) is 1.63. The molecule has 1 aromatic carbocycles. The van der Waals surface area contributed by atoms with Crippen molar-refractivity contribution >= 4 is 11.6 Å². The van der Waals surface area contributed by atoms with E-state index in [2.05, 4.69) is 15.5 Å². The molecule has 0 radical (unpaired) electrons. The molecule has 0 aromatic heterocycles. The van der Waals surface area contributed by atoms with E-state index >= 15 is 0 Å². The molecule has 2 fully saturated rings. The van der Waals surface area contributed by atoms with Gasteiger partial charge in [0.15, 0.2) is 0 Å². The van der Waals surface area contributed by atoms with E-state index in [-0.39, 0.29) is 17.6 Å². The third-order valence-electron chi connectivity index (χ3n) is 4.68. The smallest absolute Gasteiger partial charge is 0.253 e. The number of carbonyl (C=O) groups excluding carboxylic acids is 1. The Kier molecular flexibility index (Phi) is 4.10. The Bertz CT molecular complexity index is 534. The molecular weight excluding hydrogens is 269 g/mol. The number of nitrogens with zero attached hydrogens (tertiary/aromatic N) is 1. The van der Waals surface area contributed by atoms with Gasteiger partial charge in [-0.3, -0.25) is 9.69 Å². The van der Waals surface area contributed by atoms with Gasteiger partial charge >= 0.3 is 0 Å². The average Bonchev–Trinajstić information content (AvgIpc) is 2.90. The fraction of sp³-hybridized carbons (Fsp3) is 0.562. The molecule has 2 heterocycles. The molecular formula is C16H22FN3O. The monoisotopic (exact) mass is 291 g/mol. The first-order valence-corrected chi connectivity index (χ1v) is 7.72. The molecule has 21 heavy (non-hydrogen) atoms. The molecule has 0 spiro atoms. The molecule has 5 heteroatoms. The lowest BCUT2D eigenvalue weighted by molar-refractivity contribution is 0.0916. The van der Waals surface area contributed by atoms with Gasteiger partial charge in [-0.2, -0.15) is 0 Å². The van der Waals surface area contributed by atoms with Gasteiger partial charge in [0.05, 0.1) is 11.3 Å². The van der Waals surface area contributed by atoms with Crippen molar-refractivity contribution in [3.8, 4) is 0 Å². The van der Waals surface area contributed by atoms with E-state index in [9.17, 15) is 9.18 Å². The summed E-state index contributed by atoms with van der Waals surface area (Å²) in [5.41, 5.74) is 0.653. The standard InChI is InChI=1S/C16H22FN3O/c1-18-15-11(5-4-6-12(15)17)16(21)19-13-8-10-20-9-3-2-7-14(13)20/h4-6,13-14,18H,2-3,7-10H2,1H3,(H,19,21). The quantitative estimate of drug-likeness (QED) is 0.897. The first-order chi connectivity index (χ1) is 10.2. The number of amides is 1. The maximum Gasteiger partial charge on any atom is 0.253 e. The minimum atomic E-state index is -0.393. The number of para-hydroxylation sites is 1. The highest BCUT2D eigenvalue weighted by Gasteiger charge is 2.36. The molecule has 2 aliphatic rings. The maximum atomic E-state index is 13.7. The number of hydrogen-bond acceptors (Lipinski definition) is 3. The Labute approximate surface area is 124 Å². The van der Waals surface area contributed by atoms with Crippen molar-refractivity contribution in [2.45, 2.75) is 37.8 Å². The zero-order chi connectivity index (χ0) is 14.8. The Morgan fingerprint density at radius 1 is 1.29 bits per heavy atom. The molecule has 2 atom stereocenters. The molecule has 4 nitrogen and oxygen atoms in total. The van der Waals surface area contributed by atoms with Crippen molar-refractivity contribution in [1.82, 2.24) is 10.2 Å². The number of piperidine rings is 1. The van der Waals surface area contributed by atoms with Crippen LogP contribution in [-0.4, -0.2) is 43.0 Å². The molecule has 0 bridgehead atoms. The normalized spacial score (nSPS) is 25.4. The zero-order valence-corrected chi connectivity index (χ0v) is 12.4. The van der Waals surface area contributed by atoms with Gasteiger partial charge in [-0.05, 0) is 37.9 Å². The predicted molar refractivity (Wildman–Crippen MR) is 81.0 cm³/mol. The van der Waals surface area contributed by atoms with Gasteiger partial charge < -0.3 is 10.6 Å². The highest BCUT2D eigenvalue weighted by Crippen LogP contribution is 2.28. The van der Waals surface area contributed by atoms with Gasteiger partial charge in [-0.25, -0.2) is 4.39 Å². The second-order valence-electron chi connectivity index (χ2n) is 5.88. The number of carbonyl (C=O) groups is 1. The van der Waals surface area contributed by atoms with Crippen LogP contribution in [0, 0.1) is 5.82 Å². The summed E-state index contributed by atoms with van der Waals surface area (Å²) >= 11 is 0. The average molecular weight is 291 g/mol. The molecule has 0 saturated carbocycles. The molecule has 2 aliphatic heterocycles. The van der Waals surface area contributed by atoms with Crippen LogP contribution in [0.5, 0.6) is 0 Å². The number of halogens is 1. The minimum Gasteiger partial charge on any atom is -0.385 e. The molecule has 114 valence electrons. The fourth-order valence-corrected chi connectivity index (χ4v) is 3.63. The predicted octanol–water partition coefficient (Wildman–Crippen LogP) is 2.22. The van der Waals surface area contributed by atoms with Crippen molar-refractivity contribution in [1.29, 1.82) is 0 Å². The largest absolute Gasteiger partial charge is 0.385 e. The van der Waals surface area contributed by atoms with Crippen molar-refractivity contribution in [2.24, 2.45) is 0 Å². The van der Waals surface area contributed by atoms with Crippen LogP contribution in [0.1, 0.15) is 36.0 Å². The number of fused-ring (bicyclic) bond motifs is 1. The lowest BCUT2D eigenvalue weighted by atomic mass is 9.98. The van der Waals surface area contributed by atoms with Crippen LogP contribution in [0.15, 0.2) is 18.2 Å². The molecule has 2 N–H and O–H groups in total. The summed E-state index contributed by atoms with van der Waals surface area (Å²) in [4.78, 5) is 14.9. The van der Waals surface area contributed by atoms with Gasteiger partial charge in [0.1, 0.15) is 5.82 Å². The summed E-state index contributed by atoms with van der Waals surface area (Å²) in [6, 6.07) is 5.24. The van der Waals surface area contributed by atoms with Gasteiger partial charge in [0.25, 0.3) is 5.91 Å². The van der Waals surface area contributed by atoms with Crippen molar-refractivity contribution in [3.63, 3.8) is 0 Å². The van der Waals surface area contributed by atoms with E-state index in [1.165, 1.54) is 18.9 Å². The Hall–Kier alpha value is -1.62. The Balaban J connectivity index is 1.73. The van der Waals surface area contributed by atoms with Gasteiger partial charge in [-0.15, -0.1) is 0 Å². The highest BCUT2D eigenvalue weighted by molar-refractivity contribution is 5.99. The van der Waals surface area contributed by atoms with E-state index in [1.807, 2.05) is 0 Å². The third-order valence-corrected chi connectivity index (χ3v) is 4.68. The third kappa shape index (κ3) is 2.75. The molecule has 1 amide bonds. The van der Waals surface area contributed by atoms with E-state index in [0.717, 1.165) is 25.9 Å². The number of benzene rings is 1. The molecule has 0 aliphatic carbocycles. The Morgan fingerprint density at radius 3 is 2.95 bits per heavy atom. The number of nitrogens with one attached hydrogen (secondary N) is 2. The van der Waals surface area contributed by atoms with Crippen LogP contribution in [0.4, 0.5) is 10.1 Å². The first-order valence-electron chi connectivity index (χ1n) is 7.72. The van der Waals surface area contributed by atoms with Crippen molar-refractivity contribution in [3.05, 3.63) is 29.6 Å². The fourth-order valence-electron chi connectivity index (χ4n) is 3.63. The van der Waals surface area contributed by atoms with Gasteiger partial charge in [0, 0.05) is 25.7 Å². The Morgan fingerprint density at radius 2 is 2.14 bits per heavy atom. The van der Waals surface area contributed by atoms with Crippen LogP contribution in [0.25, 0.3) is 0 Å².